The second-order valence-electron chi connectivity index (χ2n) is 5.66. The maximum atomic E-state index is 11.9. The molecule has 0 saturated heterocycles. The molecule has 1 unspecified atom stereocenters. The Balaban J connectivity index is 0.000000366. The van der Waals surface area contributed by atoms with Crippen molar-refractivity contribution in [1.29, 1.82) is 0 Å². The Labute approximate surface area is 183 Å². The average molecular weight is 482 g/mol. The van der Waals surface area contributed by atoms with Gasteiger partial charge in [0.1, 0.15) is 0 Å². The number of aliphatic hydroxyl groups excluding tert-OH is 1. The molecule has 0 aliphatic heterocycles. The molecule has 2 aromatic carbocycles. The van der Waals surface area contributed by atoms with Crippen molar-refractivity contribution in [3.63, 3.8) is 0 Å². The van der Waals surface area contributed by atoms with E-state index < -0.39 is 25.5 Å². The van der Waals surface area contributed by atoms with Gasteiger partial charge in [0.05, 0.1) is 21.5 Å². The van der Waals surface area contributed by atoms with Gasteiger partial charge in [-0.05, 0) is 36.4 Å². The molecule has 0 fully saturated rings. The molecule has 31 heavy (non-hydrogen) atoms. The van der Waals surface area contributed by atoms with E-state index in [4.69, 9.17) is 15.3 Å². The molecule has 3 rings (SSSR count). The van der Waals surface area contributed by atoms with Crippen molar-refractivity contribution in [2.24, 2.45) is 0 Å². The Morgan fingerprint density at radius 3 is 2.23 bits per heavy atom. The zero-order valence-electron chi connectivity index (χ0n) is 15.5. The Hall–Kier alpha value is -3.05. The van der Waals surface area contributed by atoms with Gasteiger partial charge in [0.25, 0.3) is 5.85 Å². The average Bonchev–Trinajstić information content (AvgIpc) is 3.15. The van der Waals surface area contributed by atoms with Gasteiger partial charge < -0.3 is 20.6 Å². The molecule has 1 aromatic heterocycles. The summed E-state index contributed by atoms with van der Waals surface area (Å²) in [6.45, 7) is 0. The number of para-hydroxylation sites is 1. The number of thiazole rings is 1. The van der Waals surface area contributed by atoms with E-state index in [1.807, 2.05) is 24.3 Å². The lowest BCUT2D eigenvalue weighted by Crippen LogP contribution is -2.14. The lowest BCUT2D eigenvalue weighted by molar-refractivity contribution is -0.142. The van der Waals surface area contributed by atoms with Crippen LogP contribution in [0.5, 0.6) is 0 Å². The Morgan fingerprint density at radius 1 is 1.06 bits per heavy atom. The van der Waals surface area contributed by atoms with Crippen molar-refractivity contribution >= 4 is 64.5 Å². The Morgan fingerprint density at radius 2 is 1.71 bits per heavy atom. The minimum absolute atomic E-state index is 0.155. The first-order valence-corrected chi connectivity index (χ1v) is 11.4. The van der Waals surface area contributed by atoms with Crippen molar-refractivity contribution in [3.05, 3.63) is 54.1 Å². The highest BCUT2D eigenvalue weighted by molar-refractivity contribution is 8.01. The Kier molecular flexibility index (Phi) is 8.88. The van der Waals surface area contributed by atoms with Gasteiger partial charge in [0.2, 0.25) is 5.91 Å². The highest BCUT2D eigenvalue weighted by Gasteiger charge is 2.18. The normalized spacial score (nSPS) is 11.1. The number of thioether (sulfide) groups is 1. The highest BCUT2D eigenvalue weighted by Crippen LogP contribution is 2.29. The highest BCUT2D eigenvalue weighted by atomic mass is 32.2. The van der Waals surface area contributed by atoms with E-state index in [-0.39, 0.29) is 17.2 Å². The number of carbonyl (C=O) groups excluding carboxylic acids is 1. The number of nitrogens with one attached hydrogen (secondary N) is 1. The summed E-state index contributed by atoms with van der Waals surface area (Å²) in [6.07, 6.45) is 0. The van der Waals surface area contributed by atoms with Crippen LogP contribution in [-0.4, -0.2) is 49.7 Å². The molecule has 1 amide bonds. The third-order valence-electron chi connectivity index (χ3n) is 3.44. The van der Waals surface area contributed by atoms with E-state index >= 15 is 0 Å². The summed E-state index contributed by atoms with van der Waals surface area (Å²) in [5, 5.41) is 27.3. The second-order valence-corrected chi connectivity index (χ2v) is 8.98. The SMILES string of the molecule is O=C(CSc1nc2ccccc2s1)Nc1ccc(C(=O)O)cc1.O=C(O)C(O)P(=O)=O. The van der Waals surface area contributed by atoms with Crippen LogP contribution in [0.3, 0.4) is 0 Å². The van der Waals surface area contributed by atoms with Crippen LogP contribution in [-0.2, 0) is 18.7 Å². The standard InChI is InChI=1S/C16H12N2O3S2.C2H3O5P/c19-14(17-11-7-5-10(6-8-11)15(20)21)9-22-16-18-12-3-1-2-4-13(12)23-16;3-1(4)2(5)8(6)7/h1-8H,9H2,(H,17,19)(H,20,21);2,5H,(H,3,4). The number of rotatable bonds is 7. The zero-order valence-corrected chi connectivity index (χ0v) is 18.0. The fraction of sp³-hybridized carbons (Fsp3) is 0.111. The molecule has 10 nitrogen and oxygen atoms in total. The number of aromatic nitrogens is 1. The lowest BCUT2D eigenvalue weighted by Gasteiger charge is -2.04. The van der Waals surface area contributed by atoms with Gasteiger partial charge >= 0.3 is 19.6 Å². The van der Waals surface area contributed by atoms with Gasteiger partial charge in [0, 0.05) is 5.69 Å². The van der Waals surface area contributed by atoms with Crippen LogP contribution < -0.4 is 5.32 Å². The minimum Gasteiger partial charge on any atom is -0.479 e. The molecule has 3 aromatic rings. The first-order valence-electron chi connectivity index (χ1n) is 8.33. The number of nitrogens with zero attached hydrogens (tertiary/aromatic N) is 1. The number of aliphatic hydroxyl groups is 1. The van der Waals surface area contributed by atoms with Crippen molar-refractivity contribution in [2.75, 3.05) is 11.1 Å². The molecule has 0 saturated carbocycles. The molecule has 0 spiro atoms. The van der Waals surface area contributed by atoms with Crippen LogP contribution in [0.2, 0.25) is 0 Å². The van der Waals surface area contributed by atoms with Gasteiger partial charge in [0.15, 0.2) is 4.34 Å². The van der Waals surface area contributed by atoms with Crippen LogP contribution in [0.1, 0.15) is 10.4 Å². The van der Waals surface area contributed by atoms with Gasteiger partial charge in [-0.3, -0.25) is 4.79 Å². The second kappa shape index (κ2) is 11.4. The third kappa shape index (κ3) is 7.61. The van der Waals surface area contributed by atoms with Gasteiger partial charge in [-0.2, -0.15) is 0 Å². The molecule has 0 aliphatic carbocycles. The predicted octanol–water partition coefficient (Wildman–Crippen LogP) is 3.29. The van der Waals surface area contributed by atoms with Crippen molar-refractivity contribution in [3.8, 4) is 0 Å². The first-order chi connectivity index (χ1) is 14.7. The summed E-state index contributed by atoms with van der Waals surface area (Å²) in [4.78, 5) is 36.7. The molecule has 0 bridgehead atoms. The molecule has 4 N–H and O–H groups in total. The van der Waals surface area contributed by atoms with Crippen molar-refractivity contribution in [2.45, 2.75) is 10.2 Å². The van der Waals surface area contributed by atoms with Crippen molar-refractivity contribution in [1.82, 2.24) is 4.98 Å². The lowest BCUT2D eigenvalue weighted by atomic mass is 10.2. The van der Waals surface area contributed by atoms with Crippen LogP contribution in [0.15, 0.2) is 52.9 Å². The monoisotopic (exact) mass is 482 g/mol. The smallest absolute Gasteiger partial charge is 0.356 e. The maximum Gasteiger partial charge on any atom is 0.356 e. The van der Waals surface area contributed by atoms with Crippen molar-refractivity contribution < 1.29 is 38.8 Å². The predicted molar refractivity (Wildman–Crippen MR) is 114 cm³/mol. The topological polar surface area (TPSA) is 171 Å². The molecule has 162 valence electrons. The van der Waals surface area contributed by atoms with Crippen LogP contribution >= 0.6 is 30.8 Å². The summed E-state index contributed by atoms with van der Waals surface area (Å²) in [6, 6.07) is 13.9. The number of hydrogen-bond donors (Lipinski definition) is 4. The molecule has 1 atom stereocenters. The minimum atomic E-state index is -3.25. The van der Waals surface area contributed by atoms with Gasteiger partial charge in [-0.1, -0.05) is 23.9 Å². The van der Waals surface area contributed by atoms with Crippen LogP contribution in [0.4, 0.5) is 5.69 Å². The molecular weight excluding hydrogens is 467 g/mol. The summed E-state index contributed by atoms with van der Waals surface area (Å²) in [7, 11) is -3.25. The summed E-state index contributed by atoms with van der Waals surface area (Å²) >= 11 is 2.94. The van der Waals surface area contributed by atoms with Gasteiger partial charge in [-0.15, -0.1) is 11.3 Å². The summed E-state index contributed by atoms with van der Waals surface area (Å²) in [5.74, 6) is -4.90. The Bertz CT molecular complexity index is 1120. The zero-order chi connectivity index (χ0) is 23.0. The number of carbonyl (C=O) groups is 3. The van der Waals surface area contributed by atoms with E-state index in [2.05, 4.69) is 10.3 Å². The molecule has 13 heteroatoms. The number of aromatic carboxylic acids is 1. The third-order valence-corrected chi connectivity index (χ3v) is 6.24. The summed E-state index contributed by atoms with van der Waals surface area (Å²) < 4.78 is 21.0. The summed E-state index contributed by atoms with van der Waals surface area (Å²) in [5.41, 5.74) is 1.70. The van der Waals surface area contributed by atoms with E-state index in [0.717, 1.165) is 14.6 Å². The van der Waals surface area contributed by atoms with Gasteiger partial charge in [-0.25, -0.2) is 23.7 Å². The fourth-order valence-corrected chi connectivity index (χ4v) is 4.07. The number of fused-ring (bicyclic) bond motifs is 1. The molecule has 0 aliphatic rings. The number of benzene rings is 2. The maximum absolute atomic E-state index is 11.9. The van der Waals surface area contributed by atoms with Crippen LogP contribution in [0, 0.1) is 0 Å². The molecule has 0 radical (unpaired) electrons. The first kappa shape index (κ1) is 24.2. The number of carboxylic acids is 2. The van der Waals surface area contributed by atoms with E-state index in [1.54, 1.807) is 23.5 Å². The molecular formula is C18H15N2O8PS2. The number of aliphatic carboxylic acids is 1. The number of amides is 1. The number of hydrogen-bond acceptors (Lipinski definition) is 9. The number of anilines is 1. The van der Waals surface area contributed by atoms with E-state index in [1.165, 1.54) is 23.9 Å². The largest absolute Gasteiger partial charge is 0.479 e. The number of carboxylic acid groups (broad SMARTS) is 2. The van der Waals surface area contributed by atoms with Crippen LogP contribution in [0.25, 0.3) is 10.2 Å². The molecule has 1 heterocycles. The van der Waals surface area contributed by atoms with E-state index in [0.29, 0.717) is 5.69 Å². The fourth-order valence-electron chi connectivity index (χ4n) is 2.02. The van der Waals surface area contributed by atoms with E-state index in [9.17, 15) is 23.5 Å². The quantitative estimate of drug-likeness (QED) is 0.289.